The third kappa shape index (κ3) is 4.32. The van der Waals surface area contributed by atoms with E-state index in [2.05, 4.69) is 61.0 Å². The van der Waals surface area contributed by atoms with Gasteiger partial charge in [0.05, 0.1) is 0 Å². The summed E-state index contributed by atoms with van der Waals surface area (Å²) in [5, 5.41) is 0.711. The summed E-state index contributed by atoms with van der Waals surface area (Å²) in [5.41, 5.74) is 10.0. The van der Waals surface area contributed by atoms with Crippen molar-refractivity contribution in [2.75, 3.05) is 0 Å². The maximum Gasteiger partial charge on any atom is 0.0465 e. The van der Waals surface area contributed by atoms with E-state index in [0.29, 0.717) is 5.02 Å². The molecule has 1 unspecified atom stereocenters. The first-order chi connectivity index (χ1) is 9.77. The van der Waals surface area contributed by atoms with Crippen molar-refractivity contribution in [1.29, 1.82) is 0 Å². The molecule has 2 aromatic rings. The summed E-state index contributed by atoms with van der Waals surface area (Å²) >= 11 is 9.68. The zero-order valence-electron chi connectivity index (χ0n) is 12.7. The number of rotatable bonds is 3. The molecule has 1 atom stereocenters. The average Bonchev–Trinajstić information content (AvgIpc) is 2.38. The van der Waals surface area contributed by atoms with Crippen LogP contribution in [0.15, 0.2) is 46.9 Å². The van der Waals surface area contributed by atoms with Crippen LogP contribution in [-0.2, 0) is 11.8 Å². The molecule has 2 N–H and O–H groups in total. The van der Waals surface area contributed by atoms with Gasteiger partial charge in [-0.3, -0.25) is 0 Å². The first kappa shape index (κ1) is 16.5. The van der Waals surface area contributed by atoms with E-state index in [1.807, 2.05) is 18.2 Å². The van der Waals surface area contributed by atoms with Crippen LogP contribution in [0.5, 0.6) is 0 Å². The van der Waals surface area contributed by atoms with Crippen molar-refractivity contribution in [3.63, 3.8) is 0 Å². The van der Waals surface area contributed by atoms with E-state index in [-0.39, 0.29) is 11.5 Å². The van der Waals surface area contributed by atoms with Crippen LogP contribution < -0.4 is 5.73 Å². The standard InChI is InChI=1S/C18H21BrClN/c1-18(2,3)13-6-4-12(5-7-13)10-17(21)15-9-8-14(19)11-16(15)20/h4-9,11,17H,10,21H2,1-3H3. The Morgan fingerprint density at radius 1 is 1.10 bits per heavy atom. The predicted octanol–water partition coefficient (Wildman–Crippen LogP) is 5.64. The Labute approximate surface area is 140 Å². The Kier molecular flexibility index (Phi) is 5.13. The summed E-state index contributed by atoms with van der Waals surface area (Å²) in [6.45, 7) is 6.65. The molecule has 3 heteroatoms. The third-order valence-corrected chi connectivity index (χ3v) is 4.46. The topological polar surface area (TPSA) is 26.0 Å². The minimum atomic E-state index is -0.0916. The number of benzene rings is 2. The largest absolute Gasteiger partial charge is 0.324 e. The van der Waals surface area contributed by atoms with Crippen LogP contribution in [-0.4, -0.2) is 0 Å². The molecule has 0 radical (unpaired) electrons. The highest BCUT2D eigenvalue weighted by Gasteiger charge is 2.14. The van der Waals surface area contributed by atoms with Gasteiger partial charge in [0.25, 0.3) is 0 Å². The zero-order valence-corrected chi connectivity index (χ0v) is 15.0. The van der Waals surface area contributed by atoms with Crippen molar-refractivity contribution < 1.29 is 0 Å². The van der Waals surface area contributed by atoms with Crippen LogP contribution in [0.4, 0.5) is 0 Å². The Morgan fingerprint density at radius 3 is 2.24 bits per heavy atom. The normalized spacial score (nSPS) is 13.2. The Morgan fingerprint density at radius 2 is 1.71 bits per heavy atom. The van der Waals surface area contributed by atoms with Crippen LogP contribution in [0.25, 0.3) is 0 Å². The van der Waals surface area contributed by atoms with E-state index in [9.17, 15) is 0 Å². The van der Waals surface area contributed by atoms with Crippen LogP contribution >= 0.6 is 27.5 Å². The lowest BCUT2D eigenvalue weighted by molar-refractivity contribution is 0.589. The maximum atomic E-state index is 6.30. The second kappa shape index (κ2) is 6.51. The highest BCUT2D eigenvalue weighted by molar-refractivity contribution is 9.10. The molecule has 0 bridgehead atoms. The lowest BCUT2D eigenvalue weighted by Crippen LogP contribution is -2.14. The molecule has 21 heavy (non-hydrogen) atoms. The minimum absolute atomic E-state index is 0.0916. The summed E-state index contributed by atoms with van der Waals surface area (Å²) in [6, 6.07) is 14.5. The quantitative estimate of drug-likeness (QED) is 0.747. The molecule has 0 spiro atoms. The molecule has 0 fully saturated rings. The number of halogens is 2. The molecule has 1 nitrogen and oxygen atoms in total. The third-order valence-electron chi connectivity index (χ3n) is 3.64. The van der Waals surface area contributed by atoms with Crippen molar-refractivity contribution >= 4 is 27.5 Å². The van der Waals surface area contributed by atoms with Crippen LogP contribution in [0, 0.1) is 0 Å². The highest BCUT2D eigenvalue weighted by Crippen LogP contribution is 2.28. The van der Waals surface area contributed by atoms with Gasteiger partial charge in [-0.15, -0.1) is 0 Å². The van der Waals surface area contributed by atoms with Gasteiger partial charge in [-0.1, -0.05) is 78.6 Å². The number of hydrogen-bond donors (Lipinski definition) is 1. The lowest BCUT2D eigenvalue weighted by atomic mass is 9.86. The minimum Gasteiger partial charge on any atom is -0.324 e. The number of nitrogens with two attached hydrogens (primary N) is 1. The van der Waals surface area contributed by atoms with E-state index in [0.717, 1.165) is 16.5 Å². The zero-order chi connectivity index (χ0) is 15.6. The van der Waals surface area contributed by atoms with E-state index in [4.69, 9.17) is 17.3 Å². The van der Waals surface area contributed by atoms with Gasteiger partial charge in [0.15, 0.2) is 0 Å². The molecule has 0 aliphatic rings. The van der Waals surface area contributed by atoms with Gasteiger partial charge in [-0.2, -0.15) is 0 Å². The van der Waals surface area contributed by atoms with E-state index in [1.54, 1.807) is 0 Å². The van der Waals surface area contributed by atoms with Crippen LogP contribution in [0.2, 0.25) is 5.02 Å². The molecule has 2 aromatic carbocycles. The Bertz CT molecular complexity index is 614. The summed E-state index contributed by atoms with van der Waals surface area (Å²) in [5.74, 6) is 0. The van der Waals surface area contributed by atoms with Crippen molar-refractivity contribution in [1.82, 2.24) is 0 Å². The van der Waals surface area contributed by atoms with Gasteiger partial charge >= 0.3 is 0 Å². The Hall–Kier alpha value is -0.830. The van der Waals surface area contributed by atoms with Gasteiger partial charge in [-0.05, 0) is 40.7 Å². The van der Waals surface area contributed by atoms with Crippen molar-refractivity contribution in [2.24, 2.45) is 5.73 Å². The first-order valence-electron chi connectivity index (χ1n) is 7.07. The molecular weight excluding hydrogens is 346 g/mol. The van der Waals surface area contributed by atoms with Crippen molar-refractivity contribution in [3.05, 3.63) is 68.7 Å². The summed E-state index contributed by atoms with van der Waals surface area (Å²) in [6.07, 6.45) is 0.784. The lowest BCUT2D eigenvalue weighted by Gasteiger charge is -2.20. The molecule has 0 aliphatic carbocycles. The average molecular weight is 367 g/mol. The predicted molar refractivity (Wildman–Crippen MR) is 94.9 cm³/mol. The molecule has 0 amide bonds. The van der Waals surface area contributed by atoms with E-state index in [1.165, 1.54) is 11.1 Å². The van der Waals surface area contributed by atoms with Gasteiger partial charge < -0.3 is 5.73 Å². The molecule has 0 aliphatic heterocycles. The van der Waals surface area contributed by atoms with E-state index < -0.39 is 0 Å². The van der Waals surface area contributed by atoms with Crippen LogP contribution in [0.1, 0.15) is 43.5 Å². The summed E-state index contributed by atoms with van der Waals surface area (Å²) in [7, 11) is 0. The first-order valence-corrected chi connectivity index (χ1v) is 8.24. The van der Waals surface area contributed by atoms with Crippen LogP contribution in [0.3, 0.4) is 0 Å². The van der Waals surface area contributed by atoms with Crippen molar-refractivity contribution in [2.45, 2.75) is 38.6 Å². The van der Waals surface area contributed by atoms with Gasteiger partial charge in [0.2, 0.25) is 0 Å². The Balaban J connectivity index is 2.14. The fourth-order valence-electron chi connectivity index (χ4n) is 2.31. The fourth-order valence-corrected chi connectivity index (χ4v) is 3.12. The maximum absolute atomic E-state index is 6.30. The molecule has 0 aromatic heterocycles. The number of hydrogen-bond acceptors (Lipinski definition) is 1. The van der Waals surface area contributed by atoms with Gasteiger partial charge in [0.1, 0.15) is 0 Å². The van der Waals surface area contributed by atoms with Crippen molar-refractivity contribution in [3.8, 4) is 0 Å². The smallest absolute Gasteiger partial charge is 0.0465 e. The molecule has 0 saturated carbocycles. The van der Waals surface area contributed by atoms with E-state index >= 15 is 0 Å². The molecule has 112 valence electrons. The molecule has 2 rings (SSSR count). The molecular formula is C18H21BrClN. The van der Waals surface area contributed by atoms with Gasteiger partial charge in [-0.25, -0.2) is 0 Å². The second-order valence-electron chi connectivity index (χ2n) is 6.42. The van der Waals surface area contributed by atoms with Gasteiger partial charge in [0, 0.05) is 15.5 Å². The molecule has 0 saturated heterocycles. The highest BCUT2D eigenvalue weighted by atomic mass is 79.9. The summed E-state index contributed by atoms with van der Waals surface area (Å²) in [4.78, 5) is 0. The fraction of sp³-hybridized carbons (Fsp3) is 0.333. The monoisotopic (exact) mass is 365 g/mol. The second-order valence-corrected chi connectivity index (χ2v) is 7.75. The SMILES string of the molecule is CC(C)(C)c1ccc(CC(N)c2ccc(Br)cc2Cl)cc1. The summed E-state index contributed by atoms with van der Waals surface area (Å²) < 4.78 is 0.970. The molecule has 0 heterocycles.